The lowest BCUT2D eigenvalue weighted by atomic mass is 9.75. The van der Waals surface area contributed by atoms with Crippen LogP contribution in [0.4, 0.5) is 5.69 Å². The fourth-order valence-electron chi connectivity index (χ4n) is 2.64. The van der Waals surface area contributed by atoms with E-state index in [1.807, 2.05) is 6.92 Å². The number of ether oxygens (including phenoxy) is 2. The number of nitrogens with one attached hydrogen (secondary N) is 1. The molecule has 1 aliphatic carbocycles. The number of hydrogen-bond acceptors (Lipinski definition) is 4. The number of hydrogen-bond donors (Lipinski definition) is 2. The van der Waals surface area contributed by atoms with Gasteiger partial charge in [0.15, 0.2) is 5.60 Å². The Morgan fingerprint density at radius 3 is 2.95 bits per heavy atom. The van der Waals surface area contributed by atoms with E-state index in [2.05, 4.69) is 5.32 Å². The van der Waals surface area contributed by atoms with Gasteiger partial charge in [-0.2, -0.15) is 0 Å². The SMILES string of the molecule is CCOC1CC2(C1)Oc1ccc(C(=O)O)cc1NC2=O. The van der Waals surface area contributed by atoms with E-state index in [1.54, 1.807) is 6.07 Å². The van der Waals surface area contributed by atoms with Crippen molar-refractivity contribution in [1.82, 2.24) is 0 Å². The zero-order chi connectivity index (χ0) is 14.3. The largest absolute Gasteiger partial charge is 0.478 e. The molecule has 2 N–H and O–H groups in total. The minimum absolute atomic E-state index is 0.0468. The Morgan fingerprint density at radius 1 is 1.55 bits per heavy atom. The number of benzene rings is 1. The number of carbonyl (C=O) groups is 2. The normalized spacial score (nSPS) is 27.2. The lowest BCUT2D eigenvalue weighted by molar-refractivity contribution is -0.159. The number of amides is 1. The van der Waals surface area contributed by atoms with Gasteiger partial charge >= 0.3 is 5.97 Å². The van der Waals surface area contributed by atoms with E-state index in [0.29, 0.717) is 30.9 Å². The molecule has 1 aliphatic heterocycles. The predicted molar refractivity (Wildman–Crippen MR) is 70.0 cm³/mol. The zero-order valence-corrected chi connectivity index (χ0v) is 11.0. The third-order valence-corrected chi connectivity index (χ3v) is 3.71. The zero-order valence-electron chi connectivity index (χ0n) is 11.0. The summed E-state index contributed by atoms with van der Waals surface area (Å²) in [5, 5.41) is 11.7. The van der Waals surface area contributed by atoms with Gasteiger partial charge in [-0.05, 0) is 25.1 Å². The molecule has 0 aromatic heterocycles. The summed E-state index contributed by atoms with van der Waals surface area (Å²) in [6.07, 6.45) is 1.09. The van der Waals surface area contributed by atoms with Gasteiger partial charge < -0.3 is 19.9 Å². The summed E-state index contributed by atoms with van der Waals surface area (Å²) in [5.41, 5.74) is -0.345. The van der Waals surface area contributed by atoms with Crippen LogP contribution in [0.1, 0.15) is 30.1 Å². The molecule has 1 aromatic rings. The van der Waals surface area contributed by atoms with Gasteiger partial charge in [0.25, 0.3) is 5.91 Å². The summed E-state index contributed by atoms with van der Waals surface area (Å²) in [6.45, 7) is 2.52. The number of fused-ring (bicyclic) bond motifs is 1. The van der Waals surface area contributed by atoms with Crippen LogP contribution < -0.4 is 10.1 Å². The van der Waals surface area contributed by atoms with Crippen LogP contribution in [0.2, 0.25) is 0 Å². The first-order valence-corrected chi connectivity index (χ1v) is 6.53. The Balaban J connectivity index is 1.82. The van der Waals surface area contributed by atoms with Crippen molar-refractivity contribution in [3.05, 3.63) is 23.8 Å². The Kier molecular flexibility index (Phi) is 2.90. The van der Waals surface area contributed by atoms with Crippen LogP contribution in [0.3, 0.4) is 0 Å². The fraction of sp³-hybridized carbons (Fsp3) is 0.429. The highest BCUT2D eigenvalue weighted by molar-refractivity contribution is 6.02. The van der Waals surface area contributed by atoms with Gasteiger partial charge in [-0.1, -0.05) is 0 Å². The van der Waals surface area contributed by atoms with Crippen LogP contribution in [0.25, 0.3) is 0 Å². The molecule has 1 aromatic carbocycles. The second kappa shape index (κ2) is 4.49. The maximum atomic E-state index is 12.2. The van der Waals surface area contributed by atoms with Crippen molar-refractivity contribution >= 4 is 17.6 Å². The summed E-state index contributed by atoms with van der Waals surface area (Å²) in [5.74, 6) is -0.768. The Hall–Kier alpha value is -2.08. The third kappa shape index (κ3) is 1.92. The average molecular weight is 277 g/mol. The summed E-state index contributed by atoms with van der Waals surface area (Å²) in [4.78, 5) is 23.1. The van der Waals surface area contributed by atoms with Gasteiger partial charge in [-0.15, -0.1) is 0 Å². The van der Waals surface area contributed by atoms with Crippen LogP contribution >= 0.6 is 0 Å². The van der Waals surface area contributed by atoms with E-state index in [1.165, 1.54) is 12.1 Å². The van der Waals surface area contributed by atoms with Crippen LogP contribution in [0, 0.1) is 0 Å². The number of carbonyl (C=O) groups excluding carboxylic acids is 1. The lowest BCUT2D eigenvalue weighted by Gasteiger charge is -2.47. The molecule has 0 saturated heterocycles. The van der Waals surface area contributed by atoms with Crippen LogP contribution in [-0.4, -0.2) is 35.3 Å². The van der Waals surface area contributed by atoms with Crippen molar-refractivity contribution < 1.29 is 24.2 Å². The van der Waals surface area contributed by atoms with E-state index in [0.717, 1.165) is 0 Å². The predicted octanol–water partition coefficient (Wildman–Crippen LogP) is 1.65. The first-order chi connectivity index (χ1) is 9.54. The number of carboxylic acids is 1. The van der Waals surface area contributed by atoms with Gasteiger partial charge in [0.2, 0.25) is 0 Å². The molecule has 1 amide bonds. The molecule has 3 rings (SSSR count). The molecule has 1 heterocycles. The van der Waals surface area contributed by atoms with Gasteiger partial charge in [0.05, 0.1) is 17.4 Å². The van der Waals surface area contributed by atoms with Crippen molar-refractivity contribution in [3.8, 4) is 5.75 Å². The Bertz CT molecular complexity index is 577. The highest BCUT2D eigenvalue weighted by Gasteiger charge is 2.55. The number of rotatable bonds is 3. The van der Waals surface area contributed by atoms with E-state index in [4.69, 9.17) is 14.6 Å². The smallest absolute Gasteiger partial charge is 0.335 e. The molecule has 20 heavy (non-hydrogen) atoms. The molecular weight excluding hydrogens is 262 g/mol. The molecule has 0 bridgehead atoms. The van der Waals surface area contributed by atoms with Gasteiger partial charge in [-0.3, -0.25) is 4.79 Å². The number of carboxylic acid groups (broad SMARTS) is 1. The highest BCUT2D eigenvalue weighted by atomic mass is 16.5. The molecule has 1 saturated carbocycles. The maximum absolute atomic E-state index is 12.2. The van der Waals surface area contributed by atoms with Gasteiger partial charge in [0, 0.05) is 19.4 Å². The minimum atomic E-state index is -1.04. The highest BCUT2D eigenvalue weighted by Crippen LogP contribution is 2.45. The molecule has 1 spiro atoms. The summed E-state index contributed by atoms with van der Waals surface area (Å²) >= 11 is 0. The van der Waals surface area contributed by atoms with Crippen molar-refractivity contribution in [3.63, 3.8) is 0 Å². The summed E-state index contributed by atoms with van der Waals surface area (Å²) in [6, 6.07) is 4.44. The molecule has 0 atom stereocenters. The standard InChI is InChI=1S/C14H15NO5/c1-2-19-9-6-14(7-9)13(18)15-10-5-8(12(16)17)3-4-11(10)20-14/h3-5,9H,2,6-7H2,1H3,(H,15,18)(H,16,17). The average Bonchev–Trinajstić information content (AvgIpc) is 2.37. The molecule has 1 fully saturated rings. The molecule has 106 valence electrons. The number of aromatic carboxylic acids is 1. The Labute approximate surface area is 115 Å². The van der Waals surface area contributed by atoms with E-state index in [9.17, 15) is 9.59 Å². The third-order valence-electron chi connectivity index (χ3n) is 3.71. The van der Waals surface area contributed by atoms with Crippen molar-refractivity contribution in [2.24, 2.45) is 0 Å². The molecule has 6 nitrogen and oxygen atoms in total. The summed E-state index contributed by atoms with van der Waals surface area (Å²) in [7, 11) is 0. The molecule has 6 heteroatoms. The molecule has 0 unspecified atom stereocenters. The van der Waals surface area contributed by atoms with Crippen molar-refractivity contribution in [1.29, 1.82) is 0 Å². The van der Waals surface area contributed by atoms with E-state index >= 15 is 0 Å². The van der Waals surface area contributed by atoms with Gasteiger partial charge in [-0.25, -0.2) is 4.79 Å². The first-order valence-electron chi connectivity index (χ1n) is 6.53. The second-order valence-corrected chi connectivity index (χ2v) is 5.05. The van der Waals surface area contributed by atoms with Crippen LogP contribution in [0.5, 0.6) is 5.75 Å². The maximum Gasteiger partial charge on any atom is 0.335 e. The number of anilines is 1. The lowest BCUT2D eigenvalue weighted by Crippen LogP contribution is -2.61. The monoisotopic (exact) mass is 277 g/mol. The van der Waals surface area contributed by atoms with E-state index in [-0.39, 0.29) is 17.6 Å². The quantitative estimate of drug-likeness (QED) is 0.877. The molecular formula is C14H15NO5. The van der Waals surface area contributed by atoms with Crippen molar-refractivity contribution in [2.75, 3.05) is 11.9 Å². The first kappa shape index (κ1) is 12.9. The van der Waals surface area contributed by atoms with E-state index < -0.39 is 11.6 Å². The molecule has 0 radical (unpaired) electrons. The summed E-state index contributed by atoms with van der Waals surface area (Å²) < 4.78 is 11.2. The minimum Gasteiger partial charge on any atom is -0.478 e. The Morgan fingerprint density at radius 2 is 2.30 bits per heavy atom. The van der Waals surface area contributed by atoms with Crippen LogP contribution in [0.15, 0.2) is 18.2 Å². The fourth-order valence-corrected chi connectivity index (χ4v) is 2.64. The second-order valence-electron chi connectivity index (χ2n) is 5.05. The molecule has 2 aliphatic rings. The van der Waals surface area contributed by atoms with Gasteiger partial charge in [0.1, 0.15) is 5.75 Å². The topological polar surface area (TPSA) is 84.9 Å². The van der Waals surface area contributed by atoms with Crippen LogP contribution in [-0.2, 0) is 9.53 Å². The van der Waals surface area contributed by atoms with Crippen molar-refractivity contribution in [2.45, 2.75) is 31.5 Å².